The summed E-state index contributed by atoms with van der Waals surface area (Å²) in [5.41, 5.74) is 1.96. The molecule has 1 fully saturated rings. The molecule has 6 heteroatoms. The summed E-state index contributed by atoms with van der Waals surface area (Å²) in [6, 6.07) is 6.34. The van der Waals surface area contributed by atoms with Crippen molar-refractivity contribution in [1.82, 2.24) is 16.0 Å². The van der Waals surface area contributed by atoms with Crippen LogP contribution in [0.25, 0.3) is 0 Å². The molecule has 1 aliphatic rings. The largest absolute Gasteiger partial charge is 0.490 e. The van der Waals surface area contributed by atoms with E-state index in [0.717, 1.165) is 24.2 Å². The predicted molar refractivity (Wildman–Crippen MR) is 115 cm³/mol. The summed E-state index contributed by atoms with van der Waals surface area (Å²) in [7, 11) is 1.74. The van der Waals surface area contributed by atoms with Gasteiger partial charge in [-0.15, -0.1) is 0 Å². The monoisotopic (exact) mass is 388 g/mol. The molecule has 0 radical (unpaired) electrons. The van der Waals surface area contributed by atoms with E-state index in [1.54, 1.807) is 7.05 Å². The molecule has 1 saturated carbocycles. The normalized spacial score (nSPS) is 15.4. The molecule has 28 heavy (non-hydrogen) atoms. The SMILES string of the molecule is CN=C(NCCNC(=O)C(C)(C)C)NCc1ccc(C)cc1OC1CCCC1. The van der Waals surface area contributed by atoms with E-state index in [4.69, 9.17) is 4.74 Å². The first-order valence-electron chi connectivity index (χ1n) is 10.3. The molecule has 0 aromatic heterocycles. The Morgan fingerprint density at radius 2 is 1.82 bits per heavy atom. The minimum Gasteiger partial charge on any atom is -0.490 e. The molecule has 6 nitrogen and oxygen atoms in total. The molecule has 0 heterocycles. The number of aliphatic imine (C=N–C) groups is 1. The van der Waals surface area contributed by atoms with E-state index < -0.39 is 0 Å². The van der Waals surface area contributed by atoms with Gasteiger partial charge in [0.2, 0.25) is 5.91 Å². The van der Waals surface area contributed by atoms with E-state index in [0.29, 0.717) is 31.7 Å². The van der Waals surface area contributed by atoms with E-state index in [-0.39, 0.29) is 11.3 Å². The molecular formula is C22H36N4O2. The van der Waals surface area contributed by atoms with Crippen LogP contribution in [0, 0.1) is 12.3 Å². The van der Waals surface area contributed by atoms with Crippen LogP contribution in [0.2, 0.25) is 0 Å². The Morgan fingerprint density at radius 3 is 2.46 bits per heavy atom. The van der Waals surface area contributed by atoms with Gasteiger partial charge in [-0.1, -0.05) is 32.9 Å². The van der Waals surface area contributed by atoms with Gasteiger partial charge < -0.3 is 20.7 Å². The summed E-state index contributed by atoms with van der Waals surface area (Å²) < 4.78 is 6.26. The van der Waals surface area contributed by atoms with Crippen molar-refractivity contribution in [2.24, 2.45) is 10.4 Å². The highest BCUT2D eigenvalue weighted by atomic mass is 16.5. The number of nitrogens with zero attached hydrogens (tertiary/aromatic N) is 1. The lowest BCUT2D eigenvalue weighted by Gasteiger charge is -2.19. The van der Waals surface area contributed by atoms with Crippen molar-refractivity contribution >= 4 is 11.9 Å². The number of carbonyl (C=O) groups is 1. The number of amides is 1. The highest BCUT2D eigenvalue weighted by Crippen LogP contribution is 2.27. The van der Waals surface area contributed by atoms with Gasteiger partial charge in [0.05, 0.1) is 6.10 Å². The molecule has 0 unspecified atom stereocenters. The third kappa shape index (κ3) is 7.06. The number of guanidine groups is 1. The lowest BCUT2D eigenvalue weighted by Crippen LogP contribution is -2.43. The van der Waals surface area contributed by atoms with Crippen LogP contribution in [0.1, 0.15) is 57.6 Å². The molecule has 156 valence electrons. The molecule has 1 aliphatic carbocycles. The maximum Gasteiger partial charge on any atom is 0.225 e. The molecule has 0 spiro atoms. The van der Waals surface area contributed by atoms with Crippen LogP contribution < -0.4 is 20.7 Å². The van der Waals surface area contributed by atoms with E-state index in [9.17, 15) is 4.79 Å². The maximum atomic E-state index is 11.9. The Labute approximate surface area is 169 Å². The van der Waals surface area contributed by atoms with Gasteiger partial charge in [0.15, 0.2) is 5.96 Å². The summed E-state index contributed by atoms with van der Waals surface area (Å²) in [5, 5.41) is 9.50. The van der Waals surface area contributed by atoms with Gasteiger partial charge in [0.1, 0.15) is 5.75 Å². The molecule has 1 aromatic carbocycles. The Hall–Kier alpha value is -2.24. The van der Waals surface area contributed by atoms with Gasteiger partial charge in [-0.25, -0.2) is 0 Å². The topological polar surface area (TPSA) is 74.8 Å². The Morgan fingerprint density at radius 1 is 1.14 bits per heavy atom. The maximum absolute atomic E-state index is 11.9. The fraction of sp³-hybridized carbons (Fsp3) is 0.636. The first-order valence-corrected chi connectivity index (χ1v) is 10.3. The summed E-state index contributed by atoms with van der Waals surface area (Å²) in [6.45, 7) is 9.61. The number of rotatable bonds is 7. The van der Waals surface area contributed by atoms with Gasteiger partial charge in [0.25, 0.3) is 0 Å². The van der Waals surface area contributed by atoms with Crippen molar-refractivity contribution in [1.29, 1.82) is 0 Å². The number of ether oxygens (including phenoxy) is 1. The van der Waals surface area contributed by atoms with Crippen LogP contribution in [-0.2, 0) is 11.3 Å². The van der Waals surface area contributed by atoms with Crippen LogP contribution in [0.15, 0.2) is 23.2 Å². The zero-order valence-electron chi connectivity index (χ0n) is 18.0. The predicted octanol–water partition coefficient (Wildman–Crippen LogP) is 3.14. The first kappa shape index (κ1) is 22.1. The summed E-state index contributed by atoms with van der Waals surface area (Å²) in [4.78, 5) is 16.2. The second-order valence-electron chi connectivity index (χ2n) is 8.49. The molecule has 0 atom stereocenters. The first-order chi connectivity index (χ1) is 13.3. The van der Waals surface area contributed by atoms with E-state index >= 15 is 0 Å². The third-order valence-electron chi connectivity index (χ3n) is 4.87. The van der Waals surface area contributed by atoms with Gasteiger partial charge in [-0.05, 0) is 44.2 Å². The van der Waals surface area contributed by atoms with Crippen LogP contribution in [0.3, 0.4) is 0 Å². The minimum atomic E-state index is -0.374. The van der Waals surface area contributed by atoms with Crippen molar-refractivity contribution in [2.45, 2.75) is 66.0 Å². The standard InChI is InChI=1S/C22H36N4O2/c1-16-10-11-17(19(14-16)28-18-8-6-7-9-18)15-26-21(23-5)25-13-12-24-20(27)22(2,3)4/h10-11,14,18H,6-9,12-13,15H2,1-5H3,(H,24,27)(H2,23,25,26). The van der Waals surface area contributed by atoms with Crippen LogP contribution in [0.5, 0.6) is 5.75 Å². The molecule has 1 aromatic rings. The highest BCUT2D eigenvalue weighted by Gasteiger charge is 2.20. The van der Waals surface area contributed by atoms with E-state index in [1.165, 1.54) is 18.4 Å². The van der Waals surface area contributed by atoms with Gasteiger partial charge >= 0.3 is 0 Å². The number of nitrogens with one attached hydrogen (secondary N) is 3. The molecular weight excluding hydrogens is 352 g/mol. The number of hydrogen-bond acceptors (Lipinski definition) is 3. The molecule has 0 bridgehead atoms. The lowest BCUT2D eigenvalue weighted by atomic mass is 9.96. The summed E-state index contributed by atoms with van der Waals surface area (Å²) >= 11 is 0. The van der Waals surface area contributed by atoms with Gasteiger partial charge in [0, 0.05) is 37.7 Å². The number of hydrogen-bond donors (Lipinski definition) is 3. The van der Waals surface area contributed by atoms with Crippen molar-refractivity contribution in [2.75, 3.05) is 20.1 Å². The lowest BCUT2D eigenvalue weighted by molar-refractivity contribution is -0.128. The Balaban J connectivity index is 1.83. The average Bonchev–Trinajstić information content (AvgIpc) is 3.14. The second-order valence-corrected chi connectivity index (χ2v) is 8.49. The highest BCUT2D eigenvalue weighted by molar-refractivity contribution is 5.81. The zero-order chi connectivity index (χ0) is 20.6. The molecule has 0 aliphatic heterocycles. The average molecular weight is 389 g/mol. The third-order valence-corrected chi connectivity index (χ3v) is 4.87. The summed E-state index contributed by atoms with van der Waals surface area (Å²) in [6.07, 6.45) is 5.14. The molecule has 2 rings (SSSR count). The number of carbonyl (C=O) groups excluding carboxylic acids is 1. The second kappa shape index (κ2) is 10.3. The zero-order valence-corrected chi connectivity index (χ0v) is 18.0. The molecule has 1 amide bonds. The fourth-order valence-electron chi connectivity index (χ4n) is 3.12. The smallest absolute Gasteiger partial charge is 0.225 e. The Kier molecular flexibility index (Phi) is 8.15. The molecule has 0 saturated heterocycles. The quantitative estimate of drug-likeness (QED) is 0.381. The number of aryl methyl sites for hydroxylation is 1. The van der Waals surface area contributed by atoms with Crippen molar-refractivity contribution in [3.8, 4) is 5.75 Å². The van der Waals surface area contributed by atoms with Gasteiger partial charge in [-0.2, -0.15) is 0 Å². The molecule has 3 N–H and O–H groups in total. The van der Waals surface area contributed by atoms with Crippen LogP contribution in [-0.4, -0.2) is 38.1 Å². The van der Waals surface area contributed by atoms with E-state index in [2.05, 4.69) is 46.1 Å². The van der Waals surface area contributed by atoms with Crippen molar-refractivity contribution in [3.63, 3.8) is 0 Å². The van der Waals surface area contributed by atoms with Crippen LogP contribution in [0.4, 0.5) is 0 Å². The van der Waals surface area contributed by atoms with Crippen molar-refractivity contribution < 1.29 is 9.53 Å². The van der Waals surface area contributed by atoms with Crippen LogP contribution >= 0.6 is 0 Å². The minimum absolute atomic E-state index is 0.0469. The fourth-order valence-corrected chi connectivity index (χ4v) is 3.12. The number of benzene rings is 1. The van der Waals surface area contributed by atoms with E-state index in [1.807, 2.05) is 20.8 Å². The Bertz CT molecular complexity index is 674. The van der Waals surface area contributed by atoms with Gasteiger partial charge in [-0.3, -0.25) is 9.79 Å². The summed E-state index contributed by atoms with van der Waals surface area (Å²) in [5.74, 6) is 1.72. The van der Waals surface area contributed by atoms with Crippen molar-refractivity contribution in [3.05, 3.63) is 29.3 Å².